The molecule has 1 aromatic rings. The number of hydrogen-bond donors (Lipinski definition) is 1. The van der Waals surface area contributed by atoms with Crippen molar-refractivity contribution >= 4 is 11.3 Å². The predicted molar refractivity (Wildman–Crippen MR) is 28.8 cm³/mol. The zero-order chi connectivity index (χ0) is 7.78. The number of aromatic nitrogens is 1. The van der Waals surface area contributed by atoms with Gasteiger partial charge in [0.15, 0.2) is 5.06 Å². The van der Waals surface area contributed by atoms with Crippen molar-refractivity contribution in [2.45, 2.75) is 6.18 Å². The first-order valence-corrected chi connectivity index (χ1v) is 3.04. The lowest BCUT2D eigenvalue weighted by molar-refractivity contribution is -0.137. The maximum absolute atomic E-state index is 11.6. The summed E-state index contributed by atoms with van der Waals surface area (Å²) < 4.78 is 34.9. The summed E-state index contributed by atoms with van der Waals surface area (Å²) in [7, 11) is 0. The Balaban J connectivity index is 2.96. The number of aromatic hydroxyl groups is 1. The van der Waals surface area contributed by atoms with Gasteiger partial charge in [-0.2, -0.15) is 13.2 Å². The number of thiazole rings is 1. The molecule has 0 aliphatic heterocycles. The Bertz CT molecular complexity index is 231. The van der Waals surface area contributed by atoms with E-state index in [1.165, 1.54) is 0 Å². The van der Waals surface area contributed by atoms with Gasteiger partial charge in [0.2, 0.25) is 5.01 Å². The number of alkyl halides is 3. The minimum absolute atomic E-state index is 0.214. The summed E-state index contributed by atoms with van der Waals surface area (Å²) in [6, 6.07) is 0. The summed E-state index contributed by atoms with van der Waals surface area (Å²) in [6.07, 6.45) is -3.67. The van der Waals surface area contributed by atoms with E-state index in [0.717, 1.165) is 6.20 Å². The molecule has 0 aliphatic carbocycles. The molecule has 0 atom stereocenters. The highest BCUT2D eigenvalue weighted by atomic mass is 32.1. The monoisotopic (exact) mass is 169 g/mol. The third-order valence-corrected chi connectivity index (χ3v) is 1.58. The SMILES string of the molecule is Oc1cnc(C(F)(F)F)s1. The molecule has 0 aromatic carbocycles. The van der Waals surface area contributed by atoms with Gasteiger partial charge in [-0.25, -0.2) is 4.98 Å². The smallest absolute Gasteiger partial charge is 0.443 e. The van der Waals surface area contributed by atoms with Crippen molar-refractivity contribution in [2.24, 2.45) is 0 Å². The maximum Gasteiger partial charge on any atom is 0.443 e. The van der Waals surface area contributed by atoms with Crippen LogP contribution in [-0.2, 0) is 6.18 Å². The lowest BCUT2D eigenvalue weighted by Crippen LogP contribution is -2.02. The molecule has 0 unspecified atom stereocenters. The highest BCUT2D eigenvalue weighted by molar-refractivity contribution is 7.13. The third kappa shape index (κ3) is 1.38. The Morgan fingerprint density at radius 1 is 1.50 bits per heavy atom. The minimum Gasteiger partial charge on any atom is -0.498 e. The molecule has 0 aliphatic rings. The molecule has 1 rings (SSSR count). The van der Waals surface area contributed by atoms with Crippen molar-refractivity contribution in [3.8, 4) is 5.06 Å². The fraction of sp³-hybridized carbons (Fsp3) is 0.250. The van der Waals surface area contributed by atoms with E-state index in [4.69, 9.17) is 5.11 Å². The van der Waals surface area contributed by atoms with Crippen LogP contribution in [0.3, 0.4) is 0 Å². The molecule has 56 valence electrons. The van der Waals surface area contributed by atoms with Gasteiger partial charge >= 0.3 is 6.18 Å². The summed E-state index contributed by atoms with van der Waals surface area (Å²) in [5.74, 6) is 0. The maximum atomic E-state index is 11.6. The van der Waals surface area contributed by atoms with Gasteiger partial charge in [-0.3, -0.25) is 0 Å². The summed E-state index contributed by atoms with van der Waals surface area (Å²) in [5, 5.41) is 7.03. The Kier molecular flexibility index (Phi) is 1.55. The van der Waals surface area contributed by atoms with Crippen molar-refractivity contribution in [3.05, 3.63) is 11.2 Å². The Hall–Kier alpha value is -0.780. The van der Waals surface area contributed by atoms with Gasteiger partial charge in [-0.1, -0.05) is 11.3 Å². The average Bonchev–Trinajstić information content (AvgIpc) is 2.11. The predicted octanol–water partition coefficient (Wildman–Crippen LogP) is 1.87. The zero-order valence-corrected chi connectivity index (χ0v) is 5.33. The van der Waals surface area contributed by atoms with E-state index < -0.39 is 16.2 Å². The molecule has 0 saturated carbocycles. The van der Waals surface area contributed by atoms with Crippen LogP contribution in [-0.4, -0.2) is 10.1 Å². The van der Waals surface area contributed by atoms with E-state index in [0.29, 0.717) is 0 Å². The average molecular weight is 169 g/mol. The van der Waals surface area contributed by atoms with Gasteiger partial charge < -0.3 is 5.11 Å². The Labute approximate surface area is 57.9 Å². The zero-order valence-electron chi connectivity index (χ0n) is 4.51. The van der Waals surface area contributed by atoms with E-state index in [-0.39, 0.29) is 11.3 Å². The molecule has 1 aromatic heterocycles. The van der Waals surface area contributed by atoms with Gasteiger partial charge in [-0.05, 0) is 0 Å². The second kappa shape index (κ2) is 2.12. The van der Waals surface area contributed by atoms with Crippen LogP contribution < -0.4 is 0 Å². The first-order chi connectivity index (χ1) is 4.50. The van der Waals surface area contributed by atoms with Crippen LogP contribution in [0, 0.1) is 0 Å². The molecular weight excluding hydrogens is 167 g/mol. The van der Waals surface area contributed by atoms with Crippen LogP contribution in [0.4, 0.5) is 13.2 Å². The molecule has 0 spiro atoms. The molecule has 10 heavy (non-hydrogen) atoms. The number of nitrogens with zero attached hydrogens (tertiary/aromatic N) is 1. The normalized spacial score (nSPS) is 11.9. The van der Waals surface area contributed by atoms with Crippen molar-refractivity contribution in [2.75, 3.05) is 0 Å². The second-order valence-corrected chi connectivity index (χ2v) is 2.51. The molecule has 6 heteroatoms. The van der Waals surface area contributed by atoms with E-state index in [1.807, 2.05) is 0 Å². The standard InChI is InChI=1S/C4H2F3NOS/c5-4(6,7)3-8-1-2(9)10-3/h1,9H. The van der Waals surface area contributed by atoms with E-state index in [9.17, 15) is 13.2 Å². The highest BCUT2D eigenvalue weighted by Crippen LogP contribution is 2.34. The van der Waals surface area contributed by atoms with Crippen LogP contribution in [0.5, 0.6) is 5.06 Å². The van der Waals surface area contributed by atoms with Crippen molar-refractivity contribution in [1.29, 1.82) is 0 Å². The van der Waals surface area contributed by atoms with E-state index in [1.54, 1.807) is 0 Å². The fourth-order valence-electron chi connectivity index (χ4n) is 0.397. The molecule has 2 nitrogen and oxygen atoms in total. The Morgan fingerprint density at radius 3 is 2.30 bits per heavy atom. The molecule has 0 bridgehead atoms. The highest BCUT2D eigenvalue weighted by Gasteiger charge is 2.34. The van der Waals surface area contributed by atoms with Crippen LogP contribution in [0.15, 0.2) is 6.20 Å². The van der Waals surface area contributed by atoms with Crippen LogP contribution >= 0.6 is 11.3 Å². The van der Waals surface area contributed by atoms with E-state index >= 15 is 0 Å². The topological polar surface area (TPSA) is 33.1 Å². The first-order valence-electron chi connectivity index (χ1n) is 2.22. The molecular formula is C4H2F3NOS. The quantitative estimate of drug-likeness (QED) is 0.643. The molecule has 0 fully saturated rings. The molecule has 1 N–H and O–H groups in total. The lowest BCUT2D eigenvalue weighted by atomic mass is 10.7. The van der Waals surface area contributed by atoms with Crippen LogP contribution in [0.1, 0.15) is 5.01 Å². The number of halogens is 3. The van der Waals surface area contributed by atoms with Gasteiger partial charge in [0.1, 0.15) is 0 Å². The molecule has 1 heterocycles. The third-order valence-electron chi connectivity index (χ3n) is 0.736. The Morgan fingerprint density at radius 2 is 2.10 bits per heavy atom. The summed E-state index contributed by atoms with van der Waals surface area (Å²) in [6.45, 7) is 0. The fourth-order valence-corrected chi connectivity index (χ4v) is 0.921. The van der Waals surface area contributed by atoms with Gasteiger partial charge in [0.05, 0.1) is 6.20 Å². The largest absolute Gasteiger partial charge is 0.498 e. The summed E-state index contributed by atoms with van der Waals surface area (Å²) in [4.78, 5) is 2.93. The number of hydrogen-bond acceptors (Lipinski definition) is 3. The first kappa shape index (κ1) is 7.33. The van der Waals surface area contributed by atoms with Gasteiger partial charge in [0.25, 0.3) is 0 Å². The molecule has 0 amide bonds. The van der Waals surface area contributed by atoms with Crippen molar-refractivity contribution in [1.82, 2.24) is 4.98 Å². The minimum atomic E-state index is -4.44. The van der Waals surface area contributed by atoms with Crippen molar-refractivity contribution < 1.29 is 18.3 Å². The molecule has 0 radical (unpaired) electrons. The van der Waals surface area contributed by atoms with E-state index in [2.05, 4.69) is 4.98 Å². The summed E-state index contributed by atoms with van der Waals surface area (Å²) in [5.41, 5.74) is 0. The second-order valence-electron chi connectivity index (χ2n) is 1.50. The summed E-state index contributed by atoms with van der Waals surface area (Å²) >= 11 is 0.214. The number of rotatable bonds is 0. The van der Waals surface area contributed by atoms with Gasteiger partial charge in [-0.15, -0.1) is 0 Å². The van der Waals surface area contributed by atoms with Crippen LogP contribution in [0.25, 0.3) is 0 Å². The van der Waals surface area contributed by atoms with Gasteiger partial charge in [0, 0.05) is 0 Å². The lowest BCUT2D eigenvalue weighted by Gasteiger charge is -1.97. The molecule has 0 saturated heterocycles. The van der Waals surface area contributed by atoms with Crippen molar-refractivity contribution in [3.63, 3.8) is 0 Å². The van der Waals surface area contributed by atoms with Crippen LogP contribution in [0.2, 0.25) is 0 Å².